The first-order chi connectivity index (χ1) is 12.1. The van der Waals surface area contributed by atoms with Crippen LogP contribution in [0.4, 0.5) is 14.5 Å². The smallest absolute Gasteiger partial charge is 0.244 e. The molecule has 3 N–H and O–H groups in total. The van der Waals surface area contributed by atoms with Gasteiger partial charge in [-0.2, -0.15) is 5.26 Å². The van der Waals surface area contributed by atoms with Gasteiger partial charge in [0.15, 0.2) is 22.2 Å². The SMILES string of the molecule is CC1(C)C(=N)NC(c2cc(NC(=O)C3(C#N)CC3)cc(F)c2F)C[S+]1[O-]. The number of nitriles is 1. The summed E-state index contributed by atoms with van der Waals surface area (Å²) in [4.78, 5) is 12.2. The maximum Gasteiger partial charge on any atom is 0.244 e. The number of carbonyl (C=O) groups is 1. The lowest BCUT2D eigenvalue weighted by atomic mass is 10.0. The summed E-state index contributed by atoms with van der Waals surface area (Å²) < 4.78 is 39.8. The monoisotopic (exact) mass is 380 g/mol. The number of benzene rings is 1. The van der Waals surface area contributed by atoms with Crippen molar-refractivity contribution >= 4 is 28.6 Å². The summed E-state index contributed by atoms with van der Waals surface area (Å²) in [6.07, 6.45) is 0.864. The lowest BCUT2D eigenvalue weighted by Crippen LogP contribution is -2.56. The average molecular weight is 380 g/mol. The number of nitrogens with zero attached hydrogens (tertiary/aromatic N) is 1. The molecule has 6 nitrogen and oxygen atoms in total. The second-order valence-corrected chi connectivity index (χ2v) is 9.15. The highest BCUT2D eigenvalue weighted by molar-refractivity contribution is 7.93. The van der Waals surface area contributed by atoms with E-state index < -0.39 is 44.9 Å². The Bertz CT molecular complexity index is 833. The molecular weight excluding hydrogens is 362 g/mol. The maximum absolute atomic E-state index is 14.3. The van der Waals surface area contributed by atoms with E-state index in [-0.39, 0.29) is 22.8 Å². The molecule has 3 rings (SSSR count). The normalized spacial score (nSPS) is 25.8. The summed E-state index contributed by atoms with van der Waals surface area (Å²) in [6.45, 7) is 3.28. The van der Waals surface area contributed by atoms with Gasteiger partial charge < -0.3 is 15.2 Å². The van der Waals surface area contributed by atoms with Crippen molar-refractivity contribution in [1.82, 2.24) is 5.32 Å². The molecule has 1 aliphatic heterocycles. The standard InChI is InChI=1S/C17H18F2N4O2S/c1-16(2)14(21)23-12(7-26(16)25)10-5-9(6-11(18)13(10)19)22-15(24)17(8-20)3-4-17/h5-6,12H,3-4,7H2,1-2H3,(H2,21,23)(H,22,24). The molecule has 1 aliphatic carbocycles. The number of rotatable bonds is 3. The molecule has 138 valence electrons. The summed E-state index contributed by atoms with van der Waals surface area (Å²) in [5.41, 5.74) is -1.19. The third-order valence-corrected chi connectivity index (χ3v) is 6.87. The minimum atomic E-state index is -1.46. The minimum Gasteiger partial charge on any atom is -0.616 e. The zero-order valence-electron chi connectivity index (χ0n) is 14.3. The third kappa shape index (κ3) is 3.04. The van der Waals surface area contributed by atoms with Crippen molar-refractivity contribution in [2.24, 2.45) is 5.41 Å². The van der Waals surface area contributed by atoms with Crippen LogP contribution in [-0.4, -0.2) is 26.8 Å². The van der Waals surface area contributed by atoms with E-state index in [2.05, 4.69) is 10.6 Å². The molecule has 0 aromatic heterocycles. The van der Waals surface area contributed by atoms with Crippen LogP contribution in [-0.2, 0) is 16.0 Å². The number of hydrogen-bond acceptors (Lipinski definition) is 4. The van der Waals surface area contributed by atoms with Crippen molar-refractivity contribution in [3.8, 4) is 6.07 Å². The van der Waals surface area contributed by atoms with E-state index in [1.54, 1.807) is 13.8 Å². The van der Waals surface area contributed by atoms with Crippen molar-refractivity contribution in [3.63, 3.8) is 0 Å². The second-order valence-electron chi connectivity index (χ2n) is 7.10. The molecule has 9 heteroatoms. The molecule has 1 saturated carbocycles. The van der Waals surface area contributed by atoms with Gasteiger partial charge in [-0.05, 0) is 43.9 Å². The molecular formula is C17H18F2N4O2S. The van der Waals surface area contributed by atoms with Crippen LogP contribution in [0.1, 0.15) is 38.3 Å². The van der Waals surface area contributed by atoms with Gasteiger partial charge in [-0.3, -0.25) is 10.2 Å². The van der Waals surface area contributed by atoms with Gasteiger partial charge in [-0.15, -0.1) is 0 Å². The van der Waals surface area contributed by atoms with E-state index in [0.29, 0.717) is 12.8 Å². The van der Waals surface area contributed by atoms with Crippen LogP contribution >= 0.6 is 0 Å². The number of amidine groups is 1. The van der Waals surface area contributed by atoms with E-state index >= 15 is 0 Å². The van der Waals surface area contributed by atoms with E-state index in [4.69, 9.17) is 10.7 Å². The highest BCUT2D eigenvalue weighted by atomic mass is 32.2. The lowest BCUT2D eigenvalue weighted by molar-refractivity contribution is -0.119. The van der Waals surface area contributed by atoms with Crippen molar-refractivity contribution in [1.29, 1.82) is 10.7 Å². The molecule has 2 aliphatic rings. The molecule has 0 radical (unpaired) electrons. The summed E-state index contributed by atoms with van der Waals surface area (Å²) in [7, 11) is 0. The fourth-order valence-electron chi connectivity index (χ4n) is 2.73. The third-order valence-electron chi connectivity index (χ3n) is 4.90. The summed E-state index contributed by atoms with van der Waals surface area (Å²) in [5, 5.41) is 22.3. The number of carbonyl (C=O) groups excluding carboxylic acids is 1. The van der Waals surface area contributed by atoms with Gasteiger partial charge in [0.25, 0.3) is 0 Å². The first-order valence-electron chi connectivity index (χ1n) is 8.06. The van der Waals surface area contributed by atoms with Gasteiger partial charge in [0.05, 0.1) is 6.07 Å². The highest BCUT2D eigenvalue weighted by Gasteiger charge is 2.51. The van der Waals surface area contributed by atoms with Crippen molar-refractivity contribution in [3.05, 3.63) is 29.3 Å². The van der Waals surface area contributed by atoms with Crippen LogP contribution in [0.25, 0.3) is 0 Å². The molecule has 2 fully saturated rings. The van der Waals surface area contributed by atoms with E-state index in [1.165, 1.54) is 6.07 Å². The predicted octanol–water partition coefficient (Wildman–Crippen LogP) is 2.36. The Hall–Kier alpha value is -2.18. The quantitative estimate of drug-likeness (QED) is 0.699. The molecule has 0 spiro atoms. The van der Waals surface area contributed by atoms with Crippen LogP contribution in [0.5, 0.6) is 0 Å². The molecule has 0 bridgehead atoms. The number of halogens is 2. The maximum atomic E-state index is 14.3. The Kier molecular flexibility index (Phi) is 4.45. The van der Waals surface area contributed by atoms with E-state index in [0.717, 1.165) is 6.07 Å². The second kappa shape index (κ2) is 6.21. The zero-order chi connectivity index (χ0) is 19.3. The van der Waals surface area contributed by atoms with E-state index in [9.17, 15) is 18.1 Å². The molecule has 2 atom stereocenters. The molecule has 1 aromatic rings. The zero-order valence-corrected chi connectivity index (χ0v) is 15.1. The van der Waals surface area contributed by atoms with Crippen LogP contribution in [0.15, 0.2) is 12.1 Å². The fraction of sp³-hybridized carbons (Fsp3) is 0.471. The fourth-order valence-corrected chi connectivity index (χ4v) is 4.00. The van der Waals surface area contributed by atoms with Crippen molar-refractivity contribution in [2.45, 2.75) is 37.5 Å². The van der Waals surface area contributed by atoms with Gasteiger partial charge in [-0.1, -0.05) is 0 Å². The Labute approximate surface area is 152 Å². The number of nitrogens with one attached hydrogen (secondary N) is 3. The largest absolute Gasteiger partial charge is 0.616 e. The van der Waals surface area contributed by atoms with E-state index in [1.807, 2.05) is 6.07 Å². The van der Waals surface area contributed by atoms with Crippen LogP contribution in [0, 0.1) is 33.8 Å². The van der Waals surface area contributed by atoms with Gasteiger partial charge in [-0.25, -0.2) is 8.78 Å². The Morgan fingerprint density at radius 3 is 2.65 bits per heavy atom. The number of amides is 1. The van der Waals surface area contributed by atoms with Crippen LogP contribution in [0.3, 0.4) is 0 Å². The molecule has 26 heavy (non-hydrogen) atoms. The highest BCUT2D eigenvalue weighted by Crippen LogP contribution is 2.46. The van der Waals surface area contributed by atoms with Gasteiger partial charge in [0.1, 0.15) is 17.2 Å². The topological polar surface area (TPSA) is 112 Å². The predicted molar refractivity (Wildman–Crippen MR) is 93.0 cm³/mol. The molecule has 2 unspecified atom stereocenters. The molecule has 1 saturated heterocycles. The minimum absolute atomic E-state index is 0.00523. The molecule has 1 heterocycles. The Balaban J connectivity index is 1.89. The Morgan fingerprint density at radius 2 is 2.12 bits per heavy atom. The first-order valence-corrected chi connectivity index (χ1v) is 9.38. The van der Waals surface area contributed by atoms with Gasteiger partial charge in [0, 0.05) is 17.3 Å². The van der Waals surface area contributed by atoms with Gasteiger partial charge in [0.2, 0.25) is 5.91 Å². The molecule has 1 aromatic carbocycles. The number of hydrogen-bond donors (Lipinski definition) is 3. The van der Waals surface area contributed by atoms with Crippen LogP contribution < -0.4 is 10.6 Å². The summed E-state index contributed by atoms with van der Waals surface area (Å²) >= 11 is -1.46. The first kappa shape index (κ1) is 18.6. The van der Waals surface area contributed by atoms with Crippen LogP contribution in [0.2, 0.25) is 0 Å². The average Bonchev–Trinajstić information content (AvgIpc) is 3.37. The lowest BCUT2D eigenvalue weighted by Gasteiger charge is -2.38. The Morgan fingerprint density at radius 1 is 1.46 bits per heavy atom. The summed E-state index contributed by atoms with van der Waals surface area (Å²) in [5.74, 6) is -2.85. The molecule has 1 amide bonds. The van der Waals surface area contributed by atoms with Crippen molar-refractivity contribution < 1.29 is 18.1 Å². The van der Waals surface area contributed by atoms with Crippen molar-refractivity contribution in [2.75, 3.05) is 11.1 Å². The van der Waals surface area contributed by atoms with Gasteiger partial charge >= 0.3 is 0 Å². The summed E-state index contributed by atoms with van der Waals surface area (Å²) in [6, 6.07) is 3.18. The number of anilines is 1.